The molecule has 0 spiro atoms. The van der Waals surface area contributed by atoms with Crippen molar-refractivity contribution in [2.45, 2.75) is 65.8 Å². The Hall–Kier alpha value is -0.610. The molecule has 4 heteroatoms. The number of rotatable bonds is 12. The van der Waals surface area contributed by atoms with Crippen LogP contribution >= 0.6 is 0 Å². The Balaban J connectivity index is 4.16. The molecule has 0 rings (SSSR count). The fraction of sp³-hybridized carbons (Fsp3) is 0.938. The van der Waals surface area contributed by atoms with Gasteiger partial charge in [-0.1, -0.05) is 34.1 Å². The zero-order chi connectivity index (χ0) is 15.6. The number of nitrogens with one attached hydrogen (secondary N) is 1. The van der Waals surface area contributed by atoms with Gasteiger partial charge in [0.05, 0.1) is 12.4 Å². The number of nitrogens with two attached hydrogens (primary N) is 1. The predicted octanol–water partition coefficient (Wildman–Crippen LogP) is 3.26. The highest BCUT2D eigenvalue weighted by Gasteiger charge is 2.21. The van der Waals surface area contributed by atoms with E-state index in [9.17, 15) is 0 Å². The molecule has 0 radical (unpaired) electrons. The van der Waals surface area contributed by atoms with Gasteiger partial charge in [-0.15, -0.1) is 0 Å². The number of amidine groups is 1. The minimum Gasteiger partial charge on any atom is -0.387 e. The van der Waals surface area contributed by atoms with E-state index in [4.69, 9.17) is 15.9 Å². The summed E-state index contributed by atoms with van der Waals surface area (Å²) in [5.41, 5.74) is 5.47. The van der Waals surface area contributed by atoms with E-state index in [-0.39, 0.29) is 5.41 Å². The van der Waals surface area contributed by atoms with Crippen molar-refractivity contribution in [3.8, 4) is 0 Å². The molecule has 0 heterocycles. The summed E-state index contributed by atoms with van der Waals surface area (Å²) in [5.74, 6) is 0.300. The molecule has 0 aromatic rings. The summed E-state index contributed by atoms with van der Waals surface area (Å²) in [6, 6.07) is 0.658. The summed E-state index contributed by atoms with van der Waals surface area (Å²) in [7, 11) is 1.76. The van der Waals surface area contributed by atoms with Crippen molar-refractivity contribution in [2.24, 2.45) is 11.1 Å². The van der Waals surface area contributed by atoms with Crippen LogP contribution in [0.3, 0.4) is 0 Å². The molecule has 4 nitrogen and oxygen atoms in total. The number of hydrogen-bond donors (Lipinski definition) is 2. The molecule has 0 saturated carbocycles. The third kappa shape index (κ3) is 7.25. The highest BCUT2D eigenvalue weighted by molar-refractivity contribution is 5.82. The molecule has 0 fully saturated rings. The van der Waals surface area contributed by atoms with E-state index in [1.807, 2.05) is 0 Å². The monoisotopic (exact) mass is 285 g/mol. The van der Waals surface area contributed by atoms with Crippen LogP contribution in [-0.2, 0) is 4.74 Å². The average Bonchev–Trinajstić information content (AvgIpc) is 2.40. The number of methoxy groups -OCH3 is 1. The molecule has 0 bridgehead atoms. The smallest absolute Gasteiger partial charge is 0.0963 e. The highest BCUT2D eigenvalue weighted by Crippen LogP contribution is 2.23. The molecule has 3 N–H and O–H groups in total. The predicted molar refractivity (Wildman–Crippen MR) is 87.4 cm³/mol. The second kappa shape index (κ2) is 10.2. The molecule has 0 unspecified atom stereocenters. The van der Waals surface area contributed by atoms with Crippen molar-refractivity contribution < 1.29 is 4.74 Å². The van der Waals surface area contributed by atoms with E-state index in [0.717, 1.165) is 39.0 Å². The molecule has 20 heavy (non-hydrogen) atoms. The lowest BCUT2D eigenvalue weighted by Crippen LogP contribution is -2.38. The molecule has 0 aromatic carbocycles. The maximum Gasteiger partial charge on any atom is 0.0963 e. The summed E-state index contributed by atoms with van der Waals surface area (Å²) in [6.07, 6.45) is 5.66. The first-order valence-electron chi connectivity index (χ1n) is 7.96. The molecular weight excluding hydrogens is 250 g/mol. The quantitative estimate of drug-likeness (QED) is 0.329. The minimum absolute atomic E-state index is 0.160. The maximum atomic E-state index is 7.59. The van der Waals surface area contributed by atoms with Gasteiger partial charge in [0.1, 0.15) is 0 Å². The molecule has 0 aliphatic heterocycles. The largest absolute Gasteiger partial charge is 0.387 e. The number of nitrogens with zero attached hydrogens (tertiary/aromatic N) is 1. The Morgan fingerprint density at radius 2 is 1.80 bits per heavy atom. The highest BCUT2D eigenvalue weighted by atomic mass is 16.5. The van der Waals surface area contributed by atoms with E-state index in [0.29, 0.717) is 11.9 Å². The summed E-state index contributed by atoms with van der Waals surface area (Å²) < 4.78 is 5.22. The van der Waals surface area contributed by atoms with Crippen LogP contribution in [0, 0.1) is 10.8 Å². The van der Waals surface area contributed by atoms with Gasteiger partial charge in [0, 0.05) is 25.1 Å². The van der Waals surface area contributed by atoms with E-state index in [2.05, 4.69) is 32.6 Å². The molecular formula is C16H35N3O. The standard InChI is InChI=1S/C16H35N3O/c1-6-14(7-2)19(12-13-20-5)11-9-8-10-16(3,4)15(17)18/h14H,6-13H2,1-5H3,(H3,17,18). The summed E-state index contributed by atoms with van der Waals surface area (Å²) in [5, 5.41) is 7.59. The number of unbranched alkanes of at least 4 members (excludes halogenated alkanes) is 1. The van der Waals surface area contributed by atoms with E-state index >= 15 is 0 Å². The number of hydrogen-bond acceptors (Lipinski definition) is 3. The van der Waals surface area contributed by atoms with Crippen LogP contribution in [0.25, 0.3) is 0 Å². The van der Waals surface area contributed by atoms with Gasteiger partial charge < -0.3 is 10.5 Å². The van der Waals surface area contributed by atoms with Gasteiger partial charge in [0.25, 0.3) is 0 Å². The molecule has 0 aromatic heterocycles. The van der Waals surface area contributed by atoms with Crippen LogP contribution in [-0.4, -0.2) is 43.6 Å². The third-order valence-corrected chi connectivity index (χ3v) is 4.27. The first-order valence-corrected chi connectivity index (χ1v) is 7.96. The van der Waals surface area contributed by atoms with Gasteiger partial charge in [0.2, 0.25) is 0 Å². The van der Waals surface area contributed by atoms with Crippen LogP contribution in [0.4, 0.5) is 0 Å². The minimum atomic E-state index is -0.160. The lowest BCUT2D eigenvalue weighted by molar-refractivity contribution is 0.113. The molecule has 0 saturated heterocycles. The van der Waals surface area contributed by atoms with Crippen LogP contribution in [0.2, 0.25) is 0 Å². The lowest BCUT2D eigenvalue weighted by atomic mass is 9.86. The second-order valence-electron chi connectivity index (χ2n) is 6.25. The van der Waals surface area contributed by atoms with Crippen molar-refractivity contribution in [1.29, 1.82) is 5.41 Å². The first kappa shape index (κ1) is 19.4. The van der Waals surface area contributed by atoms with Crippen molar-refractivity contribution in [3.05, 3.63) is 0 Å². The van der Waals surface area contributed by atoms with Crippen LogP contribution in [0.15, 0.2) is 0 Å². The topological polar surface area (TPSA) is 62.3 Å². The lowest BCUT2D eigenvalue weighted by Gasteiger charge is -2.30. The molecule has 0 atom stereocenters. The fourth-order valence-electron chi connectivity index (χ4n) is 2.51. The van der Waals surface area contributed by atoms with Crippen molar-refractivity contribution in [1.82, 2.24) is 4.90 Å². The van der Waals surface area contributed by atoms with Gasteiger partial charge >= 0.3 is 0 Å². The summed E-state index contributed by atoms with van der Waals surface area (Å²) >= 11 is 0. The Kier molecular flexibility index (Phi) is 9.86. The van der Waals surface area contributed by atoms with Crippen LogP contribution < -0.4 is 5.73 Å². The summed E-state index contributed by atoms with van der Waals surface area (Å²) in [4.78, 5) is 2.55. The van der Waals surface area contributed by atoms with Crippen molar-refractivity contribution in [3.63, 3.8) is 0 Å². The Bertz CT molecular complexity index is 262. The maximum absolute atomic E-state index is 7.59. The van der Waals surface area contributed by atoms with Gasteiger partial charge in [-0.3, -0.25) is 10.3 Å². The third-order valence-electron chi connectivity index (χ3n) is 4.27. The van der Waals surface area contributed by atoms with Crippen LogP contribution in [0.1, 0.15) is 59.8 Å². The zero-order valence-corrected chi connectivity index (χ0v) is 14.2. The van der Waals surface area contributed by atoms with Crippen LogP contribution in [0.5, 0.6) is 0 Å². The van der Waals surface area contributed by atoms with Gasteiger partial charge in [-0.2, -0.15) is 0 Å². The molecule has 120 valence electrons. The molecule has 0 aliphatic carbocycles. The van der Waals surface area contributed by atoms with E-state index in [1.165, 1.54) is 12.8 Å². The normalized spacial score (nSPS) is 12.3. The van der Waals surface area contributed by atoms with Gasteiger partial charge in [0.15, 0.2) is 0 Å². The molecule has 0 amide bonds. The Morgan fingerprint density at radius 3 is 2.25 bits per heavy atom. The SMILES string of the molecule is CCC(CC)N(CCCCC(C)(C)C(=N)N)CCOC. The van der Waals surface area contributed by atoms with Crippen molar-refractivity contribution in [2.75, 3.05) is 26.8 Å². The van der Waals surface area contributed by atoms with E-state index in [1.54, 1.807) is 7.11 Å². The van der Waals surface area contributed by atoms with Crippen molar-refractivity contribution >= 4 is 5.84 Å². The average molecular weight is 285 g/mol. The fourth-order valence-corrected chi connectivity index (χ4v) is 2.51. The van der Waals surface area contributed by atoms with Gasteiger partial charge in [-0.05, 0) is 32.2 Å². The summed E-state index contributed by atoms with van der Waals surface area (Å²) in [6.45, 7) is 11.6. The number of ether oxygens (including phenoxy) is 1. The van der Waals surface area contributed by atoms with Gasteiger partial charge in [-0.25, -0.2) is 0 Å². The first-order chi connectivity index (χ1) is 9.38. The Labute approximate surface area is 125 Å². The zero-order valence-electron chi connectivity index (χ0n) is 14.2. The Morgan fingerprint density at radius 1 is 1.20 bits per heavy atom. The molecule has 0 aliphatic rings. The van der Waals surface area contributed by atoms with E-state index < -0.39 is 0 Å². The second-order valence-corrected chi connectivity index (χ2v) is 6.25.